The summed E-state index contributed by atoms with van der Waals surface area (Å²) in [6, 6.07) is 5.28. The summed E-state index contributed by atoms with van der Waals surface area (Å²) < 4.78 is 13.4. The topological polar surface area (TPSA) is 26.7 Å². The molecule has 1 heterocycles. The highest BCUT2D eigenvalue weighted by Crippen LogP contribution is 2.17. The zero-order valence-electron chi connectivity index (χ0n) is 12.8. The lowest BCUT2D eigenvalue weighted by molar-refractivity contribution is 0.0937. The Morgan fingerprint density at radius 1 is 1.38 bits per heavy atom. The first-order valence-corrected chi connectivity index (χ1v) is 7.41. The minimum atomic E-state index is -0.265. The maximum Gasteiger partial charge on any atom is 0.124 e. The second-order valence-electron chi connectivity index (χ2n) is 5.66. The third-order valence-electron chi connectivity index (χ3n) is 3.87. The molecule has 0 aliphatic carbocycles. The van der Waals surface area contributed by atoms with E-state index in [0.717, 1.165) is 37.3 Å². The first-order chi connectivity index (χ1) is 10.1. The molecule has 0 spiro atoms. The zero-order chi connectivity index (χ0) is 15.2. The molecular weight excluding hydrogens is 267 g/mol. The van der Waals surface area contributed by atoms with Gasteiger partial charge in [-0.15, -0.1) is 0 Å². The van der Waals surface area contributed by atoms with Crippen LogP contribution in [0.3, 0.4) is 0 Å². The van der Waals surface area contributed by atoms with Crippen LogP contribution in [0, 0.1) is 17.7 Å². The summed E-state index contributed by atoms with van der Waals surface area (Å²) in [6.07, 6.45) is 0.418. The molecule has 1 N–H and O–H groups in total. The van der Waals surface area contributed by atoms with E-state index >= 15 is 0 Å². The summed E-state index contributed by atoms with van der Waals surface area (Å²) in [5.74, 6) is 5.60. The first-order valence-electron chi connectivity index (χ1n) is 7.41. The van der Waals surface area contributed by atoms with Crippen LogP contribution >= 0.6 is 0 Å². The molecule has 1 aliphatic heterocycles. The van der Waals surface area contributed by atoms with Gasteiger partial charge < -0.3 is 10.0 Å². The van der Waals surface area contributed by atoms with Gasteiger partial charge in [0.25, 0.3) is 0 Å². The number of hydrogen-bond acceptors (Lipinski definition) is 3. The van der Waals surface area contributed by atoms with E-state index in [4.69, 9.17) is 5.11 Å². The molecule has 0 amide bonds. The standard InChI is InChI=1S/C17H23FN2O/c1-14-12-19(2)8-9-20(14)13-16-6-7-17(18)11-15(16)5-3-4-10-21/h6-7,11,14,21H,4,8-10,12-13H2,1-2H3. The number of aliphatic hydroxyl groups excluding tert-OH is 1. The average Bonchev–Trinajstić information content (AvgIpc) is 2.44. The van der Waals surface area contributed by atoms with Gasteiger partial charge in [0.05, 0.1) is 6.61 Å². The van der Waals surface area contributed by atoms with Crippen molar-refractivity contribution in [2.75, 3.05) is 33.3 Å². The van der Waals surface area contributed by atoms with Gasteiger partial charge in [-0.3, -0.25) is 4.90 Å². The first kappa shape index (κ1) is 16.0. The van der Waals surface area contributed by atoms with E-state index < -0.39 is 0 Å². The molecule has 0 saturated carbocycles. The SMILES string of the molecule is CC1CN(C)CCN1Cc1ccc(F)cc1C#CCCO. The number of nitrogens with zero attached hydrogens (tertiary/aromatic N) is 2. The van der Waals surface area contributed by atoms with E-state index in [-0.39, 0.29) is 12.4 Å². The predicted molar refractivity (Wildman–Crippen MR) is 82.3 cm³/mol. The zero-order valence-corrected chi connectivity index (χ0v) is 12.8. The number of hydrogen-bond donors (Lipinski definition) is 1. The molecule has 1 atom stereocenters. The monoisotopic (exact) mass is 290 g/mol. The number of likely N-dealkylation sites (N-methyl/N-ethyl adjacent to an activating group) is 1. The van der Waals surface area contributed by atoms with Gasteiger partial charge in [-0.1, -0.05) is 17.9 Å². The third-order valence-corrected chi connectivity index (χ3v) is 3.87. The Kier molecular flexibility index (Phi) is 5.75. The Morgan fingerprint density at radius 3 is 2.90 bits per heavy atom. The summed E-state index contributed by atoms with van der Waals surface area (Å²) in [6.45, 7) is 6.16. The molecule has 1 aliphatic rings. The quantitative estimate of drug-likeness (QED) is 0.858. The second kappa shape index (κ2) is 7.56. The van der Waals surface area contributed by atoms with Gasteiger partial charge >= 0.3 is 0 Å². The van der Waals surface area contributed by atoms with Gasteiger partial charge in [0.1, 0.15) is 5.82 Å². The fraction of sp³-hybridized carbons (Fsp3) is 0.529. The van der Waals surface area contributed by atoms with Crippen LogP contribution in [0.5, 0.6) is 0 Å². The summed E-state index contributed by atoms with van der Waals surface area (Å²) in [5.41, 5.74) is 1.79. The molecule has 0 aromatic heterocycles. The summed E-state index contributed by atoms with van der Waals surface area (Å²) >= 11 is 0. The molecule has 0 radical (unpaired) electrons. The van der Waals surface area contributed by atoms with Crippen molar-refractivity contribution in [2.45, 2.75) is 25.9 Å². The van der Waals surface area contributed by atoms with Crippen molar-refractivity contribution >= 4 is 0 Å². The lowest BCUT2D eigenvalue weighted by Gasteiger charge is -2.38. The van der Waals surface area contributed by atoms with Gasteiger partial charge in [0.2, 0.25) is 0 Å². The van der Waals surface area contributed by atoms with Crippen molar-refractivity contribution in [3.63, 3.8) is 0 Å². The number of aliphatic hydroxyl groups is 1. The Balaban J connectivity index is 2.14. The molecule has 3 nitrogen and oxygen atoms in total. The van der Waals surface area contributed by atoms with Crippen LogP contribution in [0.1, 0.15) is 24.5 Å². The van der Waals surface area contributed by atoms with Crippen molar-refractivity contribution in [2.24, 2.45) is 0 Å². The summed E-state index contributed by atoms with van der Waals surface area (Å²) in [7, 11) is 2.14. The number of halogens is 1. The van der Waals surface area contributed by atoms with Crippen molar-refractivity contribution < 1.29 is 9.50 Å². The molecule has 1 saturated heterocycles. The van der Waals surface area contributed by atoms with Crippen LogP contribution in [-0.4, -0.2) is 54.2 Å². The molecule has 0 bridgehead atoms. The van der Waals surface area contributed by atoms with Gasteiger partial charge in [-0.25, -0.2) is 4.39 Å². The number of piperazine rings is 1. The van der Waals surface area contributed by atoms with E-state index in [1.807, 2.05) is 6.07 Å². The largest absolute Gasteiger partial charge is 0.395 e. The van der Waals surface area contributed by atoms with Crippen LogP contribution in [0.2, 0.25) is 0 Å². The van der Waals surface area contributed by atoms with Crippen LogP contribution in [0.15, 0.2) is 18.2 Å². The van der Waals surface area contributed by atoms with Crippen molar-refractivity contribution in [1.29, 1.82) is 0 Å². The number of benzene rings is 1. The normalized spacial score (nSPS) is 20.1. The summed E-state index contributed by atoms with van der Waals surface area (Å²) in [4.78, 5) is 4.73. The highest BCUT2D eigenvalue weighted by atomic mass is 19.1. The van der Waals surface area contributed by atoms with Gasteiger partial charge in [0.15, 0.2) is 0 Å². The molecule has 1 aromatic rings. The predicted octanol–water partition coefficient (Wildman–Crippen LogP) is 1.70. The molecule has 1 fully saturated rings. The Morgan fingerprint density at radius 2 is 2.19 bits per heavy atom. The van der Waals surface area contributed by atoms with E-state index in [2.05, 4.69) is 35.6 Å². The van der Waals surface area contributed by atoms with E-state index in [9.17, 15) is 4.39 Å². The highest BCUT2D eigenvalue weighted by molar-refractivity contribution is 5.41. The lowest BCUT2D eigenvalue weighted by atomic mass is 10.1. The third kappa shape index (κ3) is 4.53. The van der Waals surface area contributed by atoms with Gasteiger partial charge in [-0.05, 0) is 31.7 Å². The van der Waals surface area contributed by atoms with Crippen molar-refractivity contribution in [1.82, 2.24) is 9.80 Å². The molecule has 21 heavy (non-hydrogen) atoms. The lowest BCUT2D eigenvalue weighted by Crippen LogP contribution is -2.49. The average molecular weight is 290 g/mol. The molecular formula is C17H23FN2O. The van der Waals surface area contributed by atoms with Crippen molar-refractivity contribution in [3.05, 3.63) is 35.1 Å². The second-order valence-corrected chi connectivity index (χ2v) is 5.66. The van der Waals surface area contributed by atoms with Gasteiger partial charge in [0, 0.05) is 44.2 Å². The molecule has 4 heteroatoms. The smallest absolute Gasteiger partial charge is 0.124 e. The molecule has 1 aromatic carbocycles. The minimum Gasteiger partial charge on any atom is -0.395 e. The Labute approximate surface area is 126 Å². The van der Waals surface area contributed by atoms with Crippen molar-refractivity contribution in [3.8, 4) is 11.8 Å². The van der Waals surface area contributed by atoms with Crippen LogP contribution < -0.4 is 0 Å². The molecule has 2 rings (SSSR count). The Bertz CT molecular complexity index is 535. The van der Waals surface area contributed by atoms with E-state index in [0.29, 0.717) is 12.5 Å². The highest BCUT2D eigenvalue weighted by Gasteiger charge is 2.22. The molecule has 1 unspecified atom stereocenters. The van der Waals surface area contributed by atoms with Crippen LogP contribution in [-0.2, 0) is 6.54 Å². The fourth-order valence-corrected chi connectivity index (χ4v) is 2.65. The summed E-state index contributed by atoms with van der Waals surface area (Å²) in [5, 5.41) is 8.80. The minimum absolute atomic E-state index is 0.0349. The van der Waals surface area contributed by atoms with E-state index in [1.54, 1.807) is 0 Å². The maximum atomic E-state index is 13.4. The van der Waals surface area contributed by atoms with Gasteiger partial charge in [-0.2, -0.15) is 0 Å². The Hall–Kier alpha value is -1.41. The van der Waals surface area contributed by atoms with Crippen LogP contribution in [0.25, 0.3) is 0 Å². The van der Waals surface area contributed by atoms with Crippen LogP contribution in [0.4, 0.5) is 4.39 Å². The number of rotatable bonds is 3. The maximum absolute atomic E-state index is 13.4. The fourth-order valence-electron chi connectivity index (χ4n) is 2.65. The molecule has 114 valence electrons. The van der Waals surface area contributed by atoms with E-state index in [1.165, 1.54) is 12.1 Å².